The molecule has 0 bridgehead atoms. The average molecular weight is 240 g/mol. The van der Waals surface area contributed by atoms with Crippen LogP contribution < -0.4 is 4.72 Å². The van der Waals surface area contributed by atoms with Crippen LogP contribution in [-0.2, 0) is 11.3 Å². The van der Waals surface area contributed by atoms with Crippen molar-refractivity contribution in [2.75, 3.05) is 0 Å². The lowest BCUT2D eigenvalue weighted by Gasteiger charge is -2.14. The van der Waals surface area contributed by atoms with Gasteiger partial charge in [-0.05, 0) is 29.3 Å². The van der Waals surface area contributed by atoms with E-state index in [0.717, 1.165) is 10.9 Å². The molecule has 1 heterocycles. The van der Waals surface area contributed by atoms with Crippen LogP contribution in [0.4, 0.5) is 0 Å². The molecule has 0 spiro atoms. The van der Waals surface area contributed by atoms with E-state index >= 15 is 0 Å². The number of thiophene rings is 1. The lowest BCUT2D eigenvalue weighted by molar-refractivity contribution is 0.512. The Morgan fingerprint density at radius 3 is 2.93 bits per heavy atom. The molecule has 0 aliphatic carbocycles. The minimum atomic E-state index is -2.22. The number of hydrogen-bond donors (Lipinski definition) is 1. The molecule has 5 heteroatoms. The first-order valence-electron chi connectivity index (χ1n) is 4.50. The van der Waals surface area contributed by atoms with Crippen LogP contribution in [0.2, 0.25) is 0 Å². The second-order valence-electron chi connectivity index (χ2n) is 3.26. The topological polar surface area (TPSA) is 52.2 Å². The minimum Gasteiger partial charge on any atom is -0.760 e. The van der Waals surface area contributed by atoms with Gasteiger partial charge in [0.25, 0.3) is 0 Å². The van der Waals surface area contributed by atoms with Gasteiger partial charge in [-0.2, -0.15) is 0 Å². The summed E-state index contributed by atoms with van der Waals surface area (Å²) in [6.45, 7) is 1.84. The summed E-state index contributed by atoms with van der Waals surface area (Å²) >= 11 is -0.590. The fourth-order valence-electron chi connectivity index (χ4n) is 1.54. The molecule has 2 aromatic rings. The van der Waals surface area contributed by atoms with Gasteiger partial charge < -0.3 is 4.55 Å². The van der Waals surface area contributed by atoms with E-state index in [1.807, 2.05) is 36.6 Å². The van der Waals surface area contributed by atoms with E-state index in [4.69, 9.17) is 0 Å². The fourth-order valence-corrected chi connectivity index (χ4v) is 3.01. The van der Waals surface area contributed by atoms with E-state index in [1.165, 1.54) is 4.70 Å². The standard InChI is InChI=1S/C10H11NO2S2/c1-7(11-15(12)13)9-6-14-10-5-3-2-4-8(9)10/h2-7,11H,1H3,(H,12,13)/p-1. The summed E-state index contributed by atoms with van der Waals surface area (Å²) in [6, 6.07) is 7.79. The third-order valence-electron chi connectivity index (χ3n) is 2.25. The van der Waals surface area contributed by atoms with Crippen molar-refractivity contribution >= 4 is 32.7 Å². The zero-order chi connectivity index (χ0) is 10.8. The average Bonchev–Trinajstić information content (AvgIpc) is 2.59. The molecule has 0 aliphatic rings. The highest BCUT2D eigenvalue weighted by molar-refractivity contribution is 7.77. The van der Waals surface area contributed by atoms with Crippen LogP contribution in [0, 0.1) is 0 Å². The van der Waals surface area contributed by atoms with Crippen molar-refractivity contribution in [1.82, 2.24) is 4.72 Å². The molecule has 2 rings (SSSR count). The molecule has 0 saturated heterocycles. The molecule has 0 aliphatic heterocycles. The monoisotopic (exact) mass is 240 g/mol. The van der Waals surface area contributed by atoms with Gasteiger partial charge in [-0.15, -0.1) is 11.3 Å². The second kappa shape index (κ2) is 4.40. The van der Waals surface area contributed by atoms with Crippen LogP contribution >= 0.6 is 11.3 Å². The first kappa shape index (κ1) is 10.8. The van der Waals surface area contributed by atoms with Crippen molar-refractivity contribution in [3.63, 3.8) is 0 Å². The van der Waals surface area contributed by atoms with Crippen LogP contribution in [0.15, 0.2) is 29.6 Å². The molecular weight excluding hydrogens is 230 g/mol. The summed E-state index contributed by atoms with van der Waals surface area (Å²) < 4.78 is 24.7. The van der Waals surface area contributed by atoms with Crippen LogP contribution in [0.1, 0.15) is 18.5 Å². The Kier molecular flexibility index (Phi) is 3.16. The number of rotatable bonds is 3. The van der Waals surface area contributed by atoms with Crippen molar-refractivity contribution in [1.29, 1.82) is 0 Å². The Labute approximate surface area is 94.5 Å². The second-order valence-corrected chi connectivity index (χ2v) is 4.88. The summed E-state index contributed by atoms with van der Waals surface area (Å²) in [6.07, 6.45) is 0. The Balaban J connectivity index is 2.39. The van der Waals surface area contributed by atoms with E-state index in [9.17, 15) is 8.76 Å². The lowest BCUT2D eigenvalue weighted by atomic mass is 10.1. The molecular formula is C10H10NO2S2-. The van der Waals surface area contributed by atoms with Crippen LogP contribution in [-0.4, -0.2) is 8.76 Å². The Morgan fingerprint density at radius 2 is 2.20 bits per heavy atom. The summed E-state index contributed by atoms with van der Waals surface area (Å²) in [4.78, 5) is 0. The molecule has 15 heavy (non-hydrogen) atoms. The summed E-state index contributed by atoms with van der Waals surface area (Å²) in [5.41, 5.74) is 1.03. The van der Waals surface area contributed by atoms with Crippen LogP contribution in [0.5, 0.6) is 0 Å². The molecule has 0 fully saturated rings. The fraction of sp³-hybridized carbons (Fsp3) is 0.200. The predicted octanol–water partition coefficient (Wildman–Crippen LogP) is 2.35. The third kappa shape index (κ3) is 2.26. The quantitative estimate of drug-likeness (QED) is 0.837. The van der Waals surface area contributed by atoms with E-state index in [2.05, 4.69) is 4.72 Å². The van der Waals surface area contributed by atoms with Crippen molar-refractivity contribution in [2.45, 2.75) is 13.0 Å². The molecule has 1 N–H and O–H groups in total. The number of fused-ring (bicyclic) bond motifs is 1. The molecule has 0 saturated carbocycles. The van der Waals surface area contributed by atoms with Crippen molar-refractivity contribution in [3.8, 4) is 0 Å². The largest absolute Gasteiger partial charge is 0.760 e. The maximum absolute atomic E-state index is 10.5. The first-order chi connectivity index (χ1) is 7.18. The first-order valence-corrected chi connectivity index (χ1v) is 6.45. The van der Waals surface area contributed by atoms with Gasteiger partial charge in [0.05, 0.1) is 0 Å². The van der Waals surface area contributed by atoms with E-state index in [0.29, 0.717) is 0 Å². The Bertz CT molecular complexity index is 495. The van der Waals surface area contributed by atoms with Gasteiger partial charge in [-0.3, -0.25) is 4.21 Å². The smallest absolute Gasteiger partial charge is 0.0420 e. The molecule has 1 aromatic heterocycles. The molecule has 80 valence electrons. The highest BCUT2D eigenvalue weighted by Crippen LogP contribution is 2.29. The maximum atomic E-state index is 10.5. The van der Waals surface area contributed by atoms with E-state index in [1.54, 1.807) is 11.3 Å². The molecule has 2 unspecified atom stereocenters. The Morgan fingerprint density at radius 1 is 1.47 bits per heavy atom. The van der Waals surface area contributed by atoms with Gasteiger partial charge in [0.15, 0.2) is 0 Å². The van der Waals surface area contributed by atoms with Gasteiger partial charge in [0, 0.05) is 22.0 Å². The SMILES string of the molecule is CC(NS(=O)[O-])c1csc2ccccc12. The van der Waals surface area contributed by atoms with Crippen LogP contribution in [0.3, 0.4) is 0 Å². The van der Waals surface area contributed by atoms with Crippen molar-refractivity contribution in [3.05, 3.63) is 35.2 Å². The number of hydrogen-bond acceptors (Lipinski definition) is 3. The van der Waals surface area contributed by atoms with E-state index in [-0.39, 0.29) is 6.04 Å². The highest BCUT2D eigenvalue weighted by Gasteiger charge is 2.10. The van der Waals surface area contributed by atoms with Crippen LogP contribution in [0.25, 0.3) is 10.1 Å². The maximum Gasteiger partial charge on any atom is 0.0420 e. The predicted molar refractivity (Wildman–Crippen MR) is 62.3 cm³/mol. The number of nitrogens with one attached hydrogen (secondary N) is 1. The van der Waals surface area contributed by atoms with Gasteiger partial charge in [-0.25, -0.2) is 4.72 Å². The summed E-state index contributed by atoms with van der Waals surface area (Å²) in [5, 5.41) is 3.11. The number of benzene rings is 1. The van der Waals surface area contributed by atoms with Crippen molar-refractivity contribution in [2.24, 2.45) is 0 Å². The summed E-state index contributed by atoms with van der Waals surface area (Å²) in [5.74, 6) is 0. The van der Waals surface area contributed by atoms with Gasteiger partial charge >= 0.3 is 0 Å². The lowest BCUT2D eigenvalue weighted by Crippen LogP contribution is -2.20. The van der Waals surface area contributed by atoms with Gasteiger partial charge in [-0.1, -0.05) is 18.2 Å². The van der Waals surface area contributed by atoms with E-state index < -0.39 is 11.3 Å². The molecule has 2 atom stereocenters. The zero-order valence-electron chi connectivity index (χ0n) is 8.10. The van der Waals surface area contributed by atoms with Gasteiger partial charge in [0.1, 0.15) is 0 Å². The molecule has 3 nitrogen and oxygen atoms in total. The Hall–Kier alpha value is -0.750. The van der Waals surface area contributed by atoms with Gasteiger partial charge in [0.2, 0.25) is 0 Å². The normalized spacial score (nSPS) is 15.3. The third-order valence-corrected chi connectivity index (χ3v) is 3.78. The zero-order valence-corrected chi connectivity index (χ0v) is 9.73. The molecule has 0 radical (unpaired) electrons. The molecule has 0 amide bonds. The minimum absolute atomic E-state index is 0.181. The summed E-state index contributed by atoms with van der Waals surface area (Å²) in [7, 11) is 0. The van der Waals surface area contributed by atoms with Crippen molar-refractivity contribution < 1.29 is 8.76 Å². The highest BCUT2D eigenvalue weighted by atomic mass is 32.2. The molecule has 1 aromatic carbocycles.